The van der Waals surface area contributed by atoms with Gasteiger partial charge in [0, 0.05) is 19.4 Å². The molecule has 1 unspecified atom stereocenters. The van der Waals surface area contributed by atoms with Gasteiger partial charge in [-0.2, -0.15) is 0 Å². The maximum absolute atomic E-state index is 13.2. The van der Waals surface area contributed by atoms with E-state index in [9.17, 15) is 19.8 Å². The van der Waals surface area contributed by atoms with Gasteiger partial charge in [-0.3, -0.25) is 9.59 Å². The van der Waals surface area contributed by atoms with Gasteiger partial charge in [-0.05, 0) is 19.3 Å². The summed E-state index contributed by atoms with van der Waals surface area (Å²) >= 11 is 0. The van der Waals surface area contributed by atoms with Gasteiger partial charge in [0.25, 0.3) is 0 Å². The van der Waals surface area contributed by atoms with E-state index in [4.69, 9.17) is 4.74 Å². The van der Waals surface area contributed by atoms with Gasteiger partial charge in [0.15, 0.2) is 11.6 Å². The Morgan fingerprint density at radius 1 is 0.583 bits per heavy atom. The van der Waals surface area contributed by atoms with Gasteiger partial charge in [-0.15, -0.1) is 0 Å². The summed E-state index contributed by atoms with van der Waals surface area (Å²) in [7, 11) is 0. The van der Waals surface area contributed by atoms with Crippen LogP contribution in [-0.4, -0.2) is 46.7 Å². The molecule has 0 heterocycles. The van der Waals surface area contributed by atoms with E-state index < -0.39 is 18.3 Å². The van der Waals surface area contributed by atoms with Crippen molar-refractivity contribution in [3.05, 3.63) is 0 Å². The second-order valence-electron chi connectivity index (χ2n) is 10.6. The van der Waals surface area contributed by atoms with Crippen LogP contribution in [0, 0.1) is 0 Å². The Morgan fingerprint density at radius 2 is 0.917 bits per heavy atom. The number of unbranched alkanes of at least 4 members (excludes halogenated alkanes) is 17. The molecule has 0 aliphatic heterocycles. The van der Waals surface area contributed by atoms with Gasteiger partial charge in [-0.25, -0.2) is 0 Å². The quantitative estimate of drug-likeness (QED) is 0.0823. The number of carbonyl (C=O) groups excluding carboxylic acids is 2. The maximum atomic E-state index is 13.2. The van der Waals surface area contributed by atoms with Gasteiger partial charge in [0.05, 0.1) is 6.61 Å². The zero-order valence-electron chi connectivity index (χ0n) is 24.2. The molecule has 1 atom stereocenters. The van der Waals surface area contributed by atoms with Crippen LogP contribution in [0.1, 0.15) is 162 Å². The lowest BCUT2D eigenvalue weighted by Crippen LogP contribution is -2.59. The number of rotatable bonds is 28. The zero-order valence-corrected chi connectivity index (χ0v) is 24.2. The molecule has 0 aliphatic carbocycles. The van der Waals surface area contributed by atoms with E-state index in [0.29, 0.717) is 12.8 Å². The number of Topliss-reactive ketones (excluding diaryl/α,β-unsaturated/α-hetero) is 2. The number of carbonyl (C=O) groups is 2. The average molecular weight is 513 g/mol. The summed E-state index contributed by atoms with van der Waals surface area (Å²) < 4.78 is 5.97. The van der Waals surface area contributed by atoms with Crippen LogP contribution >= 0.6 is 0 Å². The Kier molecular flexibility index (Phi) is 24.0. The predicted molar refractivity (Wildman–Crippen MR) is 150 cm³/mol. The van der Waals surface area contributed by atoms with Crippen LogP contribution in [0.5, 0.6) is 0 Å². The standard InChI is InChI=1S/C31H60O5/c1-4-7-10-11-12-13-14-15-16-17-18-19-20-23-26-36-31(30(35)27-32,28(33)24-21-8-5-2)29(34)25-22-9-6-3/h30,32,35H,4-27H2,1-3H3. The molecule has 0 spiro atoms. The van der Waals surface area contributed by atoms with Crippen molar-refractivity contribution in [2.75, 3.05) is 13.2 Å². The highest BCUT2D eigenvalue weighted by Gasteiger charge is 2.51. The van der Waals surface area contributed by atoms with Crippen LogP contribution in [0.3, 0.4) is 0 Å². The molecule has 0 rings (SSSR count). The Balaban J connectivity index is 4.45. The van der Waals surface area contributed by atoms with Crippen LogP contribution in [0.15, 0.2) is 0 Å². The Labute approximate surface area is 223 Å². The predicted octanol–water partition coefficient (Wildman–Crippen LogP) is 7.88. The molecule has 5 heteroatoms. The normalized spacial score (nSPS) is 12.7. The van der Waals surface area contributed by atoms with Gasteiger partial charge in [0.2, 0.25) is 5.60 Å². The molecule has 2 N–H and O–H groups in total. The van der Waals surface area contributed by atoms with Crippen LogP contribution in [0.25, 0.3) is 0 Å². The van der Waals surface area contributed by atoms with Gasteiger partial charge in [-0.1, -0.05) is 130 Å². The fraction of sp³-hybridized carbons (Fsp3) is 0.935. The molecule has 0 bridgehead atoms. The van der Waals surface area contributed by atoms with Crippen molar-refractivity contribution in [2.24, 2.45) is 0 Å². The van der Waals surface area contributed by atoms with Crippen LogP contribution in [0.4, 0.5) is 0 Å². The number of hydrogen-bond acceptors (Lipinski definition) is 5. The van der Waals surface area contributed by atoms with Crippen molar-refractivity contribution in [1.82, 2.24) is 0 Å². The third kappa shape index (κ3) is 15.5. The highest BCUT2D eigenvalue weighted by molar-refractivity contribution is 6.11. The minimum Gasteiger partial charge on any atom is -0.394 e. The van der Waals surface area contributed by atoms with Crippen molar-refractivity contribution < 1.29 is 24.5 Å². The van der Waals surface area contributed by atoms with Crippen molar-refractivity contribution in [3.63, 3.8) is 0 Å². The van der Waals surface area contributed by atoms with E-state index in [1.165, 1.54) is 70.6 Å². The average Bonchev–Trinajstić information content (AvgIpc) is 2.88. The lowest BCUT2D eigenvalue weighted by atomic mass is 9.82. The molecule has 0 aliphatic rings. The summed E-state index contributed by atoms with van der Waals surface area (Å²) in [6, 6.07) is 0. The monoisotopic (exact) mass is 512 g/mol. The minimum absolute atomic E-state index is 0.198. The van der Waals surface area contributed by atoms with Crippen molar-refractivity contribution in [2.45, 2.75) is 174 Å². The van der Waals surface area contributed by atoms with Crippen LogP contribution in [-0.2, 0) is 14.3 Å². The smallest absolute Gasteiger partial charge is 0.212 e. The zero-order chi connectivity index (χ0) is 26.9. The summed E-state index contributed by atoms with van der Waals surface area (Å²) in [5.74, 6) is -0.742. The topological polar surface area (TPSA) is 83.8 Å². The first-order valence-corrected chi connectivity index (χ1v) is 15.5. The second kappa shape index (κ2) is 24.6. The van der Waals surface area contributed by atoms with Crippen molar-refractivity contribution >= 4 is 11.6 Å². The molecule has 5 nitrogen and oxygen atoms in total. The fourth-order valence-electron chi connectivity index (χ4n) is 4.89. The molecular weight excluding hydrogens is 452 g/mol. The molecule has 0 saturated carbocycles. The third-order valence-corrected chi connectivity index (χ3v) is 7.31. The Hall–Kier alpha value is -0.780. The fourth-order valence-corrected chi connectivity index (χ4v) is 4.89. The first-order valence-electron chi connectivity index (χ1n) is 15.5. The molecule has 0 aromatic carbocycles. The van der Waals surface area contributed by atoms with E-state index in [1.807, 2.05) is 0 Å². The maximum Gasteiger partial charge on any atom is 0.212 e. The molecule has 36 heavy (non-hydrogen) atoms. The van der Waals surface area contributed by atoms with Gasteiger partial charge in [0.1, 0.15) is 6.10 Å². The Bertz CT molecular complexity index is 497. The first-order chi connectivity index (χ1) is 17.5. The largest absolute Gasteiger partial charge is 0.394 e. The molecule has 0 saturated heterocycles. The van der Waals surface area contributed by atoms with E-state index in [0.717, 1.165) is 44.9 Å². The number of aliphatic hydroxyl groups is 2. The molecule has 0 fully saturated rings. The van der Waals surface area contributed by atoms with E-state index in [2.05, 4.69) is 20.8 Å². The number of aliphatic hydroxyl groups excluding tert-OH is 2. The Morgan fingerprint density at radius 3 is 1.28 bits per heavy atom. The SMILES string of the molecule is CCCCCCCCCCCCCCCCOC(C(=O)CCCCC)(C(=O)CCCCC)C(O)CO. The molecule has 214 valence electrons. The number of ether oxygens (including phenoxy) is 1. The summed E-state index contributed by atoms with van der Waals surface area (Å²) in [6.07, 6.45) is 21.4. The summed E-state index contributed by atoms with van der Waals surface area (Å²) in [6.45, 7) is 5.98. The molecule has 0 aromatic rings. The van der Waals surface area contributed by atoms with Crippen LogP contribution < -0.4 is 0 Å². The summed E-state index contributed by atoms with van der Waals surface area (Å²) in [5, 5.41) is 20.3. The minimum atomic E-state index is -1.91. The lowest BCUT2D eigenvalue weighted by molar-refractivity contribution is -0.178. The van der Waals surface area contributed by atoms with E-state index in [1.54, 1.807) is 0 Å². The number of ketones is 2. The van der Waals surface area contributed by atoms with Gasteiger partial charge >= 0.3 is 0 Å². The summed E-state index contributed by atoms with van der Waals surface area (Å²) in [5.41, 5.74) is -1.91. The van der Waals surface area contributed by atoms with E-state index >= 15 is 0 Å². The molecule has 0 amide bonds. The van der Waals surface area contributed by atoms with Crippen molar-refractivity contribution in [3.8, 4) is 0 Å². The highest BCUT2D eigenvalue weighted by atomic mass is 16.5. The molecule has 0 radical (unpaired) electrons. The highest BCUT2D eigenvalue weighted by Crippen LogP contribution is 2.26. The van der Waals surface area contributed by atoms with E-state index in [-0.39, 0.29) is 31.0 Å². The number of hydrogen-bond donors (Lipinski definition) is 2. The summed E-state index contributed by atoms with van der Waals surface area (Å²) in [4.78, 5) is 26.4. The molecule has 0 aromatic heterocycles. The lowest BCUT2D eigenvalue weighted by Gasteiger charge is -2.35. The first kappa shape index (κ1) is 35.2. The van der Waals surface area contributed by atoms with Crippen molar-refractivity contribution in [1.29, 1.82) is 0 Å². The van der Waals surface area contributed by atoms with Crippen LogP contribution in [0.2, 0.25) is 0 Å². The molecular formula is C31H60O5. The third-order valence-electron chi connectivity index (χ3n) is 7.31. The van der Waals surface area contributed by atoms with Gasteiger partial charge < -0.3 is 14.9 Å². The second-order valence-corrected chi connectivity index (χ2v) is 10.6.